The lowest BCUT2D eigenvalue weighted by atomic mass is 10.0. The maximum atomic E-state index is 6.00. The van der Waals surface area contributed by atoms with Gasteiger partial charge < -0.3 is 10.5 Å². The summed E-state index contributed by atoms with van der Waals surface area (Å²) in [5, 5.41) is 3.09. The van der Waals surface area contributed by atoms with Gasteiger partial charge in [-0.2, -0.15) is 0 Å². The van der Waals surface area contributed by atoms with Crippen molar-refractivity contribution in [2.75, 3.05) is 6.54 Å². The highest BCUT2D eigenvalue weighted by Crippen LogP contribution is 2.40. The van der Waals surface area contributed by atoms with Crippen molar-refractivity contribution in [3.63, 3.8) is 0 Å². The minimum atomic E-state index is -0.159. The van der Waals surface area contributed by atoms with E-state index in [1.54, 1.807) is 11.3 Å². The number of rotatable bonds is 3. The fourth-order valence-corrected chi connectivity index (χ4v) is 2.73. The van der Waals surface area contributed by atoms with Crippen LogP contribution in [0.1, 0.15) is 31.2 Å². The smallest absolute Gasteiger partial charge is 0.124 e. The normalized spacial score (nSPS) is 32.3. The predicted molar refractivity (Wildman–Crippen MR) is 57.2 cm³/mol. The van der Waals surface area contributed by atoms with Gasteiger partial charge in [0.05, 0.1) is 6.10 Å². The van der Waals surface area contributed by atoms with Gasteiger partial charge in [0.15, 0.2) is 0 Å². The Hall–Kier alpha value is -0.450. The van der Waals surface area contributed by atoms with Crippen LogP contribution in [-0.2, 0) is 10.3 Å². The van der Waals surface area contributed by atoms with Gasteiger partial charge in [-0.15, -0.1) is 11.3 Å². The molecule has 2 N–H and O–H groups in total. The second kappa shape index (κ2) is 3.96. The van der Waals surface area contributed by atoms with Crippen LogP contribution in [0.3, 0.4) is 0 Å². The lowest BCUT2D eigenvalue weighted by Crippen LogP contribution is -2.23. The molecular formula is C10H16N2OS. The minimum absolute atomic E-state index is 0.159. The summed E-state index contributed by atoms with van der Waals surface area (Å²) in [4.78, 5) is 4.33. The Bertz CT molecular complexity index is 288. The highest BCUT2D eigenvalue weighted by Gasteiger charge is 2.38. The van der Waals surface area contributed by atoms with Crippen LogP contribution in [0.25, 0.3) is 0 Å². The molecule has 0 bridgehead atoms. The molecule has 78 valence electrons. The maximum absolute atomic E-state index is 6.00. The van der Waals surface area contributed by atoms with Gasteiger partial charge in [0.2, 0.25) is 0 Å². The fourth-order valence-electron chi connectivity index (χ4n) is 1.95. The number of aromatic nitrogens is 1. The number of hydrogen-bond donors (Lipinski definition) is 1. The van der Waals surface area contributed by atoms with E-state index in [0.29, 0.717) is 12.6 Å². The summed E-state index contributed by atoms with van der Waals surface area (Å²) < 4.78 is 6.00. The third-order valence-electron chi connectivity index (χ3n) is 2.74. The van der Waals surface area contributed by atoms with E-state index in [0.717, 1.165) is 24.3 Å². The molecule has 1 aromatic heterocycles. The Morgan fingerprint density at radius 2 is 2.64 bits per heavy atom. The molecule has 0 saturated carbocycles. The van der Waals surface area contributed by atoms with Crippen molar-refractivity contribution in [3.05, 3.63) is 16.6 Å². The number of hydrogen-bond acceptors (Lipinski definition) is 4. The fraction of sp³-hybridized carbons (Fsp3) is 0.700. The maximum Gasteiger partial charge on any atom is 0.124 e. The molecule has 0 aromatic carbocycles. The largest absolute Gasteiger partial charge is 0.365 e. The van der Waals surface area contributed by atoms with E-state index >= 15 is 0 Å². The molecule has 0 amide bonds. The van der Waals surface area contributed by atoms with Crippen molar-refractivity contribution >= 4 is 11.3 Å². The van der Waals surface area contributed by atoms with Crippen molar-refractivity contribution < 1.29 is 4.74 Å². The van der Waals surface area contributed by atoms with Gasteiger partial charge in [0, 0.05) is 11.6 Å². The van der Waals surface area contributed by atoms with Crippen molar-refractivity contribution in [2.45, 2.75) is 37.9 Å². The van der Waals surface area contributed by atoms with E-state index in [9.17, 15) is 0 Å². The van der Waals surface area contributed by atoms with Crippen molar-refractivity contribution in [1.29, 1.82) is 0 Å². The summed E-state index contributed by atoms with van der Waals surface area (Å²) in [6, 6.07) is 0. The average Bonchev–Trinajstić information content (AvgIpc) is 2.75. The molecule has 1 aliphatic rings. The van der Waals surface area contributed by atoms with Gasteiger partial charge >= 0.3 is 0 Å². The van der Waals surface area contributed by atoms with Crippen molar-refractivity contribution in [1.82, 2.24) is 4.98 Å². The Morgan fingerprint density at radius 3 is 3.29 bits per heavy atom. The summed E-state index contributed by atoms with van der Waals surface area (Å²) in [6.45, 7) is 2.83. The molecule has 2 atom stereocenters. The standard InChI is InChI=1S/C10H16N2OS/c1-10(9-12-6-7-14-9)4-2-8(13-10)3-5-11/h6-8H,2-5,11H2,1H3. The topological polar surface area (TPSA) is 48.1 Å². The first-order chi connectivity index (χ1) is 6.74. The van der Waals surface area contributed by atoms with Gasteiger partial charge in [-0.1, -0.05) is 0 Å². The van der Waals surface area contributed by atoms with Crippen LogP contribution in [0.15, 0.2) is 11.6 Å². The zero-order valence-electron chi connectivity index (χ0n) is 8.40. The molecule has 0 aliphatic carbocycles. The number of nitrogens with zero attached hydrogens (tertiary/aromatic N) is 1. The van der Waals surface area contributed by atoms with Crippen LogP contribution in [-0.4, -0.2) is 17.6 Å². The van der Waals surface area contributed by atoms with E-state index < -0.39 is 0 Å². The average molecular weight is 212 g/mol. The van der Waals surface area contributed by atoms with E-state index in [1.807, 2.05) is 11.6 Å². The van der Waals surface area contributed by atoms with E-state index in [1.165, 1.54) is 0 Å². The first kappa shape index (κ1) is 10.1. The van der Waals surface area contributed by atoms with E-state index in [-0.39, 0.29) is 5.60 Å². The summed E-state index contributed by atoms with van der Waals surface area (Å²) in [6.07, 6.45) is 5.29. The second-order valence-electron chi connectivity index (χ2n) is 3.92. The lowest BCUT2D eigenvalue weighted by molar-refractivity contribution is -0.0342. The molecule has 2 rings (SSSR count). The Labute approximate surface area is 88.3 Å². The van der Waals surface area contributed by atoms with Crippen LogP contribution in [0.4, 0.5) is 0 Å². The molecule has 1 aromatic rings. The Kier molecular flexibility index (Phi) is 2.85. The van der Waals surface area contributed by atoms with E-state index in [4.69, 9.17) is 10.5 Å². The van der Waals surface area contributed by atoms with Crippen LogP contribution in [0.5, 0.6) is 0 Å². The molecule has 2 heterocycles. The lowest BCUT2D eigenvalue weighted by Gasteiger charge is -2.22. The number of thiazole rings is 1. The third-order valence-corrected chi connectivity index (χ3v) is 3.76. The zero-order valence-corrected chi connectivity index (χ0v) is 9.22. The Balaban J connectivity index is 2.06. The summed E-state index contributed by atoms with van der Waals surface area (Å²) in [5.74, 6) is 0. The number of ether oxygens (including phenoxy) is 1. The first-order valence-electron chi connectivity index (χ1n) is 5.02. The monoisotopic (exact) mass is 212 g/mol. The van der Waals surface area contributed by atoms with Gasteiger partial charge in [0.1, 0.15) is 10.6 Å². The highest BCUT2D eigenvalue weighted by atomic mass is 32.1. The second-order valence-corrected chi connectivity index (χ2v) is 4.82. The van der Waals surface area contributed by atoms with E-state index in [2.05, 4.69) is 11.9 Å². The number of nitrogens with two attached hydrogens (primary N) is 1. The molecule has 14 heavy (non-hydrogen) atoms. The van der Waals surface area contributed by atoms with Crippen LogP contribution in [0, 0.1) is 0 Å². The van der Waals surface area contributed by atoms with Gasteiger partial charge in [-0.3, -0.25) is 0 Å². The SMILES string of the molecule is CC1(c2nccs2)CCC(CCN)O1. The quantitative estimate of drug-likeness (QED) is 0.832. The first-order valence-corrected chi connectivity index (χ1v) is 5.90. The van der Waals surface area contributed by atoms with Crippen LogP contribution in [0.2, 0.25) is 0 Å². The third kappa shape index (κ3) is 1.82. The van der Waals surface area contributed by atoms with Crippen molar-refractivity contribution in [2.24, 2.45) is 5.73 Å². The summed E-state index contributed by atoms with van der Waals surface area (Å²) in [7, 11) is 0. The molecule has 1 saturated heterocycles. The predicted octanol–water partition coefficient (Wildman–Crippen LogP) is 1.89. The molecule has 1 fully saturated rings. The van der Waals surface area contributed by atoms with Crippen LogP contribution < -0.4 is 5.73 Å². The molecular weight excluding hydrogens is 196 g/mol. The van der Waals surface area contributed by atoms with Crippen LogP contribution >= 0.6 is 11.3 Å². The minimum Gasteiger partial charge on any atom is -0.365 e. The molecule has 4 heteroatoms. The van der Waals surface area contributed by atoms with Gasteiger partial charge in [-0.25, -0.2) is 4.98 Å². The molecule has 1 aliphatic heterocycles. The molecule has 0 spiro atoms. The molecule has 2 unspecified atom stereocenters. The van der Waals surface area contributed by atoms with Gasteiger partial charge in [0.25, 0.3) is 0 Å². The van der Waals surface area contributed by atoms with Gasteiger partial charge in [-0.05, 0) is 32.7 Å². The Morgan fingerprint density at radius 1 is 1.79 bits per heavy atom. The molecule has 3 nitrogen and oxygen atoms in total. The molecule has 0 radical (unpaired) electrons. The summed E-state index contributed by atoms with van der Waals surface area (Å²) >= 11 is 1.67. The zero-order chi connectivity index (χ0) is 10.0. The highest BCUT2D eigenvalue weighted by molar-refractivity contribution is 7.09. The summed E-state index contributed by atoms with van der Waals surface area (Å²) in [5.41, 5.74) is 5.36. The van der Waals surface area contributed by atoms with Crippen molar-refractivity contribution in [3.8, 4) is 0 Å².